The van der Waals surface area contributed by atoms with E-state index in [4.69, 9.17) is 27.9 Å². The van der Waals surface area contributed by atoms with Gasteiger partial charge in [0.15, 0.2) is 5.69 Å². The van der Waals surface area contributed by atoms with E-state index in [0.717, 1.165) is 28.0 Å². The standard InChI is InChI=1S/C24H21Cl2N3O4S/c1-14-10-19(11-15(2)22(14)26)33-18-7-4-16(5-8-18)13-29-21-9-6-17(25)12-20(21)23(27-29)24(30)28-34(3,31)32/h4-12H,13H2,1-3H3,(H,28,30). The van der Waals surface area contributed by atoms with E-state index < -0.39 is 15.9 Å². The van der Waals surface area contributed by atoms with Crippen LogP contribution in [0.3, 0.4) is 0 Å². The molecule has 4 rings (SSSR count). The molecule has 4 aromatic rings. The van der Waals surface area contributed by atoms with E-state index in [1.807, 2.05) is 55.0 Å². The highest BCUT2D eigenvalue weighted by atomic mass is 35.5. The molecule has 176 valence electrons. The number of amides is 1. The first kappa shape index (κ1) is 24.1. The zero-order chi connectivity index (χ0) is 24.6. The third-order valence-electron chi connectivity index (χ3n) is 5.11. The number of nitrogens with zero attached hydrogens (tertiary/aromatic N) is 2. The molecule has 1 amide bonds. The molecule has 10 heteroatoms. The van der Waals surface area contributed by atoms with Gasteiger partial charge in [0.2, 0.25) is 10.0 Å². The number of nitrogens with one attached hydrogen (secondary N) is 1. The van der Waals surface area contributed by atoms with Crippen LogP contribution in [0.25, 0.3) is 10.9 Å². The smallest absolute Gasteiger partial charge is 0.285 e. The number of hydrogen-bond donors (Lipinski definition) is 1. The van der Waals surface area contributed by atoms with Gasteiger partial charge in [-0.3, -0.25) is 9.48 Å². The lowest BCUT2D eigenvalue weighted by Gasteiger charge is -2.10. The summed E-state index contributed by atoms with van der Waals surface area (Å²) in [6.07, 6.45) is 0.910. The molecule has 0 fully saturated rings. The lowest BCUT2D eigenvalue weighted by atomic mass is 10.1. The fraction of sp³-hybridized carbons (Fsp3) is 0.167. The minimum Gasteiger partial charge on any atom is -0.457 e. The first-order chi connectivity index (χ1) is 16.0. The molecule has 1 heterocycles. The van der Waals surface area contributed by atoms with Gasteiger partial charge in [-0.1, -0.05) is 35.3 Å². The molecule has 1 aromatic heterocycles. The molecule has 0 saturated heterocycles. The van der Waals surface area contributed by atoms with Gasteiger partial charge in [-0.15, -0.1) is 0 Å². The van der Waals surface area contributed by atoms with Crippen LogP contribution in [0.15, 0.2) is 54.6 Å². The highest BCUT2D eigenvalue weighted by Gasteiger charge is 2.20. The number of benzene rings is 3. The first-order valence-electron chi connectivity index (χ1n) is 10.2. The van der Waals surface area contributed by atoms with Crippen molar-refractivity contribution in [1.29, 1.82) is 0 Å². The minimum absolute atomic E-state index is 0.0173. The zero-order valence-corrected chi connectivity index (χ0v) is 20.9. The second kappa shape index (κ2) is 9.29. The molecule has 34 heavy (non-hydrogen) atoms. The van der Waals surface area contributed by atoms with Crippen LogP contribution in [-0.4, -0.2) is 30.4 Å². The third-order valence-corrected chi connectivity index (χ3v) is 6.49. The third kappa shape index (κ3) is 5.35. The number of halogens is 2. The Bertz CT molecular complexity index is 1490. The maximum absolute atomic E-state index is 12.5. The Morgan fingerprint density at radius 2 is 1.65 bits per heavy atom. The maximum atomic E-state index is 12.5. The molecular weight excluding hydrogens is 497 g/mol. The molecule has 0 saturated carbocycles. The predicted octanol–water partition coefficient (Wildman–Crippen LogP) is 5.49. The van der Waals surface area contributed by atoms with Gasteiger partial charge >= 0.3 is 0 Å². The van der Waals surface area contributed by atoms with Crippen molar-refractivity contribution < 1.29 is 17.9 Å². The predicted molar refractivity (Wildman–Crippen MR) is 134 cm³/mol. The lowest BCUT2D eigenvalue weighted by Crippen LogP contribution is -2.29. The molecule has 0 spiro atoms. The molecule has 3 aromatic carbocycles. The number of aromatic nitrogens is 2. The van der Waals surface area contributed by atoms with Crippen LogP contribution in [0.4, 0.5) is 0 Å². The normalized spacial score (nSPS) is 11.6. The average Bonchev–Trinajstić information content (AvgIpc) is 3.09. The topological polar surface area (TPSA) is 90.3 Å². The highest BCUT2D eigenvalue weighted by Crippen LogP contribution is 2.30. The number of aryl methyl sites for hydroxylation is 2. The zero-order valence-electron chi connectivity index (χ0n) is 18.6. The summed E-state index contributed by atoms with van der Waals surface area (Å²) in [4.78, 5) is 12.5. The Morgan fingerprint density at radius 3 is 2.26 bits per heavy atom. The summed E-state index contributed by atoms with van der Waals surface area (Å²) >= 11 is 12.3. The van der Waals surface area contributed by atoms with Crippen LogP contribution in [0.5, 0.6) is 11.5 Å². The molecule has 0 atom stereocenters. The van der Waals surface area contributed by atoms with E-state index in [-0.39, 0.29) is 5.69 Å². The van der Waals surface area contributed by atoms with Crippen molar-refractivity contribution in [2.75, 3.05) is 6.26 Å². The first-order valence-corrected chi connectivity index (χ1v) is 12.9. The van der Waals surface area contributed by atoms with Gasteiger partial charge in [-0.25, -0.2) is 13.1 Å². The van der Waals surface area contributed by atoms with Crippen LogP contribution in [0.2, 0.25) is 10.0 Å². The number of carbonyl (C=O) groups is 1. The summed E-state index contributed by atoms with van der Waals surface area (Å²) in [5.41, 5.74) is 3.42. The van der Waals surface area contributed by atoms with Crippen LogP contribution in [0, 0.1) is 13.8 Å². The van der Waals surface area contributed by atoms with Crippen molar-refractivity contribution in [3.8, 4) is 11.5 Å². The van der Waals surface area contributed by atoms with E-state index in [2.05, 4.69) is 5.10 Å². The largest absolute Gasteiger partial charge is 0.457 e. The number of carbonyl (C=O) groups excluding carboxylic acids is 1. The maximum Gasteiger partial charge on any atom is 0.285 e. The summed E-state index contributed by atoms with van der Waals surface area (Å²) in [6, 6.07) is 16.3. The summed E-state index contributed by atoms with van der Waals surface area (Å²) in [5.74, 6) is 0.546. The molecule has 0 radical (unpaired) electrons. The molecule has 1 N–H and O–H groups in total. The van der Waals surface area contributed by atoms with Gasteiger partial charge in [-0.2, -0.15) is 5.10 Å². The Kier molecular flexibility index (Phi) is 6.58. The van der Waals surface area contributed by atoms with E-state index >= 15 is 0 Å². The van der Waals surface area contributed by atoms with Crippen molar-refractivity contribution in [2.24, 2.45) is 0 Å². The molecule has 7 nitrogen and oxygen atoms in total. The van der Waals surface area contributed by atoms with Gasteiger partial charge < -0.3 is 4.74 Å². The van der Waals surface area contributed by atoms with Crippen LogP contribution in [-0.2, 0) is 16.6 Å². The van der Waals surface area contributed by atoms with Gasteiger partial charge in [0.05, 0.1) is 18.3 Å². The molecular formula is C24H21Cl2N3O4S. The second-order valence-corrected chi connectivity index (χ2v) is 10.6. The number of rotatable bonds is 6. The summed E-state index contributed by atoms with van der Waals surface area (Å²) in [7, 11) is -3.74. The number of sulfonamides is 1. The Hall–Kier alpha value is -3.07. The second-order valence-electron chi connectivity index (χ2n) is 7.99. The average molecular weight is 518 g/mol. The van der Waals surface area contributed by atoms with Crippen molar-refractivity contribution in [2.45, 2.75) is 20.4 Å². The highest BCUT2D eigenvalue weighted by molar-refractivity contribution is 7.89. The molecule has 0 aliphatic carbocycles. The summed E-state index contributed by atoms with van der Waals surface area (Å²) in [5, 5.41) is 5.96. The van der Waals surface area contributed by atoms with Crippen LogP contribution in [0.1, 0.15) is 27.2 Å². The van der Waals surface area contributed by atoms with Crippen molar-refractivity contribution in [3.05, 3.63) is 87.0 Å². The van der Waals surface area contributed by atoms with Crippen LogP contribution >= 0.6 is 23.2 Å². The van der Waals surface area contributed by atoms with Gasteiger partial charge in [0, 0.05) is 15.4 Å². The Labute approximate surface area is 207 Å². The van der Waals surface area contributed by atoms with E-state index in [1.54, 1.807) is 22.9 Å². The van der Waals surface area contributed by atoms with E-state index in [1.165, 1.54) is 0 Å². The Balaban J connectivity index is 1.60. The number of hydrogen-bond acceptors (Lipinski definition) is 5. The minimum atomic E-state index is -3.74. The quantitative estimate of drug-likeness (QED) is 0.365. The SMILES string of the molecule is Cc1cc(Oc2ccc(Cn3nc(C(=O)NS(C)(=O)=O)c4cc(Cl)ccc43)cc2)cc(C)c1Cl. The van der Waals surface area contributed by atoms with E-state index in [0.29, 0.717) is 34.0 Å². The summed E-state index contributed by atoms with van der Waals surface area (Å²) < 4.78 is 32.6. The number of ether oxygens (including phenoxy) is 1. The molecule has 0 aliphatic heterocycles. The Morgan fingerprint density at radius 1 is 1.00 bits per heavy atom. The van der Waals surface area contributed by atoms with E-state index in [9.17, 15) is 13.2 Å². The van der Waals surface area contributed by atoms with Crippen molar-refractivity contribution in [3.63, 3.8) is 0 Å². The van der Waals surface area contributed by atoms with Gasteiger partial charge in [0.25, 0.3) is 5.91 Å². The van der Waals surface area contributed by atoms with Gasteiger partial charge in [0.1, 0.15) is 11.5 Å². The number of fused-ring (bicyclic) bond motifs is 1. The summed E-state index contributed by atoms with van der Waals surface area (Å²) in [6.45, 7) is 4.21. The molecule has 0 aliphatic rings. The van der Waals surface area contributed by atoms with Crippen molar-refractivity contribution >= 4 is 50.0 Å². The fourth-order valence-electron chi connectivity index (χ4n) is 3.59. The van der Waals surface area contributed by atoms with Gasteiger partial charge in [-0.05, 0) is 73.0 Å². The monoisotopic (exact) mass is 517 g/mol. The van der Waals surface area contributed by atoms with Crippen LogP contribution < -0.4 is 9.46 Å². The fourth-order valence-corrected chi connectivity index (χ4v) is 4.31. The van der Waals surface area contributed by atoms with Crippen molar-refractivity contribution in [1.82, 2.24) is 14.5 Å². The lowest BCUT2D eigenvalue weighted by molar-refractivity contribution is 0.0977. The molecule has 0 bridgehead atoms. The molecule has 0 unspecified atom stereocenters.